The molecule has 3 aliphatic rings. The first kappa shape index (κ1) is 12.4. The molecule has 4 rings (SSSR count). The van der Waals surface area contributed by atoms with Crippen LogP contribution in [0.4, 0.5) is 0 Å². The molecule has 2 unspecified atom stereocenters. The Morgan fingerprint density at radius 3 is 3.20 bits per heavy atom. The third-order valence-electron chi connectivity index (χ3n) is 5.25. The molecule has 1 aromatic rings. The van der Waals surface area contributed by atoms with Crippen molar-refractivity contribution < 1.29 is 4.74 Å². The lowest BCUT2D eigenvalue weighted by molar-refractivity contribution is 0.128. The van der Waals surface area contributed by atoms with Gasteiger partial charge in [0.05, 0.1) is 5.41 Å². The van der Waals surface area contributed by atoms with Gasteiger partial charge < -0.3 is 15.4 Å². The van der Waals surface area contributed by atoms with Crippen molar-refractivity contribution in [2.45, 2.75) is 30.9 Å². The molecular formula is C17H22N2O. The zero-order chi connectivity index (χ0) is 13.7. The zero-order valence-electron chi connectivity index (χ0n) is 12.0. The van der Waals surface area contributed by atoms with E-state index in [0.717, 1.165) is 38.2 Å². The lowest BCUT2D eigenvalue weighted by atomic mass is 9.67. The molecule has 2 N–H and O–H groups in total. The Hall–Kier alpha value is -1.32. The third kappa shape index (κ3) is 1.60. The van der Waals surface area contributed by atoms with Gasteiger partial charge in [-0.25, -0.2) is 0 Å². The molecule has 0 radical (unpaired) electrons. The normalized spacial score (nSPS) is 35.1. The molecule has 0 amide bonds. The van der Waals surface area contributed by atoms with E-state index in [1.165, 1.54) is 11.1 Å². The van der Waals surface area contributed by atoms with Crippen LogP contribution in [-0.4, -0.2) is 31.1 Å². The van der Waals surface area contributed by atoms with Crippen LogP contribution in [0.3, 0.4) is 0 Å². The van der Waals surface area contributed by atoms with Gasteiger partial charge in [-0.3, -0.25) is 0 Å². The highest BCUT2D eigenvalue weighted by Crippen LogP contribution is 2.53. The van der Waals surface area contributed by atoms with E-state index in [9.17, 15) is 0 Å². The van der Waals surface area contributed by atoms with Gasteiger partial charge in [-0.05, 0) is 50.5 Å². The van der Waals surface area contributed by atoms with Crippen molar-refractivity contribution in [3.63, 3.8) is 0 Å². The Kier molecular flexibility index (Phi) is 2.69. The number of ether oxygens (including phenoxy) is 1. The molecule has 0 bridgehead atoms. The molecule has 3 heteroatoms. The summed E-state index contributed by atoms with van der Waals surface area (Å²) >= 11 is 0. The van der Waals surface area contributed by atoms with E-state index in [0.29, 0.717) is 5.92 Å². The summed E-state index contributed by atoms with van der Waals surface area (Å²) in [4.78, 5) is 2.42. The van der Waals surface area contributed by atoms with Crippen LogP contribution in [0, 0.1) is 5.92 Å². The largest absolute Gasteiger partial charge is 0.489 e. The smallest absolute Gasteiger partial charge is 0.124 e. The highest BCUT2D eigenvalue weighted by atomic mass is 16.5. The number of rotatable bonds is 1. The number of hydrogen-bond donors (Lipinski definition) is 1. The molecule has 2 aliphatic heterocycles. The summed E-state index contributed by atoms with van der Waals surface area (Å²) in [7, 11) is 2.21. The number of nitrogens with zero attached hydrogens (tertiary/aromatic N) is 1. The Bertz CT molecular complexity index is 568. The van der Waals surface area contributed by atoms with Gasteiger partial charge in [-0.2, -0.15) is 0 Å². The molecule has 106 valence electrons. The summed E-state index contributed by atoms with van der Waals surface area (Å²) in [5.41, 5.74) is 8.82. The van der Waals surface area contributed by atoms with Gasteiger partial charge >= 0.3 is 0 Å². The van der Waals surface area contributed by atoms with Crippen LogP contribution in [0.15, 0.2) is 30.4 Å². The first-order valence-corrected chi connectivity index (χ1v) is 7.60. The van der Waals surface area contributed by atoms with E-state index in [4.69, 9.17) is 10.5 Å². The van der Waals surface area contributed by atoms with Crippen molar-refractivity contribution >= 4 is 0 Å². The lowest BCUT2D eigenvalue weighted by Gasteiger charge is -2.36. The molecule has 2 heterocycles. The fourth-order valence-corrected chi connectivity index (χ4v) is 4.15. The molecule has 1 aliphatic carbocycles. The fraction of sp³-hybridized carbons (Fsp3) is 0.529. The Balaban J connectivity index is 1.88. The highest BCUT2D eigenvalue weighted by molar-refractivity contribution is 5.54. The minimum Gasteiger partial charge on any atom is -0.489 e. The monoisotopic (exact) mass is 270 g/mol. The summed E-state index contributed by atoms with van der Waals surface area (Å²) < 4.78 is 6.32. The van der Waals surface area contributed by atoms with Crippen LogP contribution < -0.4 is 10.5 Å². The molecule has 1 spiro atoms. The fourth-order valence-electron chi connectivity index (χ4n) is 4.15. The van der Waals surface area contributed by atoms with Crippen LogP contribution in [0.1, 0.15) is 24.0 Å². The van der Waals surface area contributed by atoms with Gasteiger partial charge in [-0.1, -0.05) is 24.3 Å². The summed E-state index contributed by atoms with van der Waals surface area (Å²) in [6.07, 6.45) is 7.20. The minimum absolute atomic E-state index is 0.0857. The maximum absolute atomic E-state index is 6.32. The molecule has 3 nitrogen and oxygen atoms in total. The van der Waals surface area contributed by atoms with Gasteiger partial charge in [0.2, 0.25) is 0 Å². The quantitative estimate of drug-likeness (QED) is 0.794. The van der Waals surface area contributed by atoms with Gasteiger partial charge in [-0.15, -0.1) is 0 Å². The van der Waals surface area contributed by atoms with Crippen LogP contribution in [0.5, 0.6) is 5.75 Å². The first-order chi connectivity index (χ1) is 9.73. The number of nitrogens with two attached hydrogens (primary N) is 1. The van der Waals surface area contributed by atoms with E-state index in [-0.39, 0.29) is 11.5 Å². The third-order valence-corrected chi connectivity index (χ3v) is 5.25. The van der Waals surface area contributed by atoms with E-state index in [1.54, 1.807) is 0 Å². The lowest BCUT2D eigenvalue weighted by Crippen LogP contribution is -2.42. The van der Waals surface area contributed by atoms with E-state index >= 15 is 0 Å². The number of benzene rings is 1. The topological polar surface area (TPSA) is 38.5 Å². The van der Waals surface area contributed by atoms with E-state index in [2.05, 4.69) is 42.3 Å². The Morgan fingerprint density at radius 2 is 2.35 bits per heavy atom. The van der Waals surface area contributed by atoms with Crippen LogP contribution in [-0.2, 0) is 12.0 Å². The summed E-state index contributed by atoms with van der Waals surface area (Å²) in [6.45, 7) is 2.86. The summed E-state index contributed by atoms with van der Waals surface area (Å²) in [6, 6.07) is 6.52. The molecule has 0 fully saturated rings. The SMILES string of the molecule is CN1CC[C@@]23C=CC(CN)CC2Oc2cccc(c23)C1. The van der Waals surface area contributed by atoms with Crippen LogP contribution >= 0.6 is 0 Å². The molecule has 1 aromatic carbocycles. The van der Waals surface area contributed by atoms with Gasteiger partial charge in [0.25, 0.3) is 0 Å². The van der Waals surface area contributed by atoms with Gasteiger partial charge in [0.15, 0.2) is 0 Å². The van der Waals surface area contributed by atoms with Crippen molar-refractivity contribution in [1.82, 2.24) is 4.90 Å². The highest BCUT2D eigenvalue weighted by Gasteiger charge is 2.51. The van der Waals surface area contributed by atoms with Crippen LogP contribution in [0.2, 0.25) is 0 Å². The predicted molar refractivity (Wildman–Crippen MR) is 79.8 cm³/mol. The number of hydrogen-bond acceptors (Lipinski definition) is 3. The molecule has 0 saturated carbocycles. The zero-order valence-corrected chi connectivity index (χ0v) is 12.0. The summed E-state index contributed by atoms with van der Waals surface area (Å²) in [5, 5.41) is 0. The predicted octanol–water partition coefficient (Wildman–Crippen LogP) is 2.06. The first-order valence-electron chi connectivity index (χ1n) is 7.60. The van der Waals surface area contributed by atoms with Gasteiger partial charge in [0, 0.05) is 12.1 Å². The Labute approximate surface area is 120 Å². The molecule has 20 heavy (non-hydrogen) atoms. The Morgan fingerprint density at radius 1 is 1.45 bits per heavy atom. The van der Waals surface area contributed by atoms with Crippen molar-refractivity contribution in [3.05, 3.63) is 41.5 Å². The average Bonchev–Trinajstić information content (AvgIpc) is 2.71. The second-order valence-electron chi connectivity index (χ2n) is 6.52. The van der Waals surface area contributed by atoms with Crippen molar-refractivity contribution in [3.8, 4) is 5.75 Å². The molecule has 0 saturated heterocycles. The van der Waals surface area contributed by atoms with Crippen molar-refractivity contribution in [2.75, 3.05) is 20.1 Å². The standard InChI is InChI=1S/C17H22N2O/c1-19-8-7-17-6-5-12(10-18)9-15(17)20-14-4-2-3-13(11-19)16(14)17/h2-6,12,15H,7-11,18H2,1H3/t12?,15?,17-/m0/s1. The van der Waals surface area contributed by atoms with Crippen molar-refractivity contribution in [2.24, 2.45) is 11.7 Å². The second-order valence-corrected chi connectivity index (χ2v) is 6.52. The molecule has 0 aromatic heterocycles. The average molecular weight is 270 g/mol. The van der Waals surface area contributed by atoms with Crippen molar-refractivity contribution in [1.29, 1.82) is 0 Å². The maximum Gasteiger partial charge on any atom is 0.124 e. The van der Waals surface area contributed by atoms with Gasteiger partial charge in [0.1, 0.15) is 11.9 Å². The second kappa shape index (κ2) is 4.34. The maximum atomic E-state index is 6.32. The van der Waals surface area contributed by atoms with E-state index < -0.39 is 0 Å². The minimum atomic E-state index is 0.0857. The molecular weight excluding hydrogens is 248 g/mol. The summed E-state index contributed by atoms with van der Waals surface area (Å²) in [5.74, 6) is 1.56. The molecule has 3 atom stereocenters. The van der Waals surface area contributed by atoms with E-state index in [1.807, 2.05) is 0 Å². The van der Waals surface area contributed by atoms with Crippen LogP contribution in [0.25, 0.3) is 0 Å².